The molecule has 222 valence electrons. The summed E-state index contributed by atoms with van der Waals surface area (Å²) in [5, 5.41) is 12.2. The Labute approximate surface area is 244 Å². The van der Waals surface area contributed by atoms with Crippen molar-refractivity contribution >= 4 is 35.1 Å². The third-order valence-electron chi connectivity index (χ3n) is 8.22. The van der Waals surface area contributed by atoms with Gasteiger partial charge < -0.3 is 14.7 Å². The van der Waals surface area contributed by atoms with Gasteiger partial charge >= 0.3 is 0 Å². The summed E-state index contributed by atoms with van der Waals surface area (Å²) in [6.07, 6.45) is 2.87. The Balaban J connectivity index is 1.05. The van der Waals surface area contributed by atoms with Crippen LogP contribution in [0, 0.1) is 0 Å². The van der Waals surface area contributed by atoms with E-state index >= 15 is 0 Å². The molecule has 4 amide bonds. The Kier molecular flexibility index (Phi) is 8.98. The van der Waals surface area contributed by atoms with E-state index in [0.29, 0.717) is 17.9 Å². The highest BCUT2D eigenvalue weighted by Gasteiger charge is 2.44. The fraction of sp³-hybridized carbons (Fsp3) is 0.452. The number of ether oxygens (including phenoxy) is 1. The number of anilines is 1. The van der Waals surface area contributed by atoms with Gasteiger partial charge in [-0.15, -0.1) is 0 Å². The first-order chi connectivity index (χ1) is 20.3. The largest absolute Gasteiger partial charge is 0.494 e. The number of carbonyl (C=O) groups is 5. The maximum atomic E-state index is 13.0. The van der Waals surface area contributed by atoms with Crippen LogP contribution in [0.5, 0.6) is 5.75 Å². The van der Waals surface area contributed by atoms with Gasteiger partial charge in [0, 0.05) is 37.3 Å². The van der Waals surface area contributed by atoms with E-state index in [2.05, 4.69) is 15.1 Å². The average molecular weight is 577 g/mol. The van der Waals surface area contributed by atoms with Gasteiger partial charge in [-0.05, 0) is 81.6 Å². The molecular formula is C31H36N4O7. The van der Waals surface area contributed by atoms with Gasteiger partial charge in [-0.2, -0.15) is 0 Å². The van der Waals surface area contributed by atoms with E-state index in [0.717, 1.165) is 56.0 Å². The highest BCUT2D eigenvalue weighted by Crippen LogP contribution is 2.30. The quantitative estimate of drug-likeness (QED) is 0.234. The molecule has 2 aromatic carbocycles. The van der Waals surface area contributed by atoms with E-state index in [1.165, 1.54) is 0 Å². The number of hydrogen-bond acceptors (Lipinski definition) is 9. The second-order valence-corrected chi connectivity index (χ2v) is 11.0. The smallest absolute Gasteiger partial charge is 0.262 e. The molecule has 5 rings (SSSR count). The maximum Gasteiger partial charge on any atom is 0.262 e. The van der Waals surface area contributed by atoms with Crippen molar-refractivity contribution in [3.05, 3.63) is 59.2 Å². The lowest BCUT2D eigenvalue weighted by atomic mass is 10.0. The molecule has 11 heteroatoms. The summed E-state index contributed by atoms with van der Waals surface area (Å²) >= 11 is 0. The van der Waals surface area contributed by atoms with Gasteiger partial charge in [0.15, 0.2) is 5.78 Å². The van der Waals surface area contributed by atoms with Gasteiger partial charge in [-0.1, -0.05) is 0 Å². The predicted octanol–water partition coefficient (Wildman–Crippen LogP) is 2.02. The van der Waals surface area contributed by atoms with E-state index in [1.807, 2.05) is 24.3 Å². The number of carbonyl (C=O) groups excluding carboxylic acids is 5. The van der Waals surface area contributed by atoms with Crippen molar-refractivity contribution < 1.29 is 33.8 Å². The Hall–Kier alpha value is -4.09. The second-order valence-electron chi connectivity index (χ2n) is 11.0. The van der Waals surface area contributed by atoms with Crippen LogP contribution in [0.1, 0.15) is 70.1 Å². The van der Waals surface area contributed by atoms with E-state index in [-0.39, 0.29) is 42.4 Å². The van der Waals surface area contributed by atoms with Crippen LogP contribution in [-0.4, -0.2) is 95.8 Å². The summed E-state index contributed by atoms with van der Waals surface area (Å²) in [6, 6.07) is 11.4. The number of fused-ring (bicyclic) bond motifs is 1. The fourth-order valence-corrected chi connectivity index (χ4v) is 5.83. The summed E-state index contributed by atoms with van der Waals surface area (Å²) in [5.41, 5.74) is 2.17. The molecule has 3 aliphatic rings. The number of rotatable bonds is 11. The lowest BCUT2D eigenvalue weighted by Gasteiger charge is -2.42. The molecule has 0 bridgehead atoms. The molecule has 2 N–H and O–H groups in total. The maximum absolute atomic E-state index is 13.0. The van der Waals surface area contributed by atoms with Crippen LogP contribution in [-0.2, 0) is 9.59 Å². The van der Waals surface area contributed by atoms with Crippen molar-refractivity contribution in [3.8, 4) is 5.75 Å². The number of hydrogen-bond donors (Lipinski definition) is 2. The third kappa shape index (κ3) is 6.22. The highest BCUT2D eigenvalue weighted by atomic mass is 16.5. The number of amides is 4. The van der Waals surface area contributed by atoms with Gasteiger partial charge in [-0.3, -0.25) is 39.1 Å². The van der Waals surface area contributed by atoms with E-state index in [9.17, 15) is 29.1 Å². The number of piperidine rings is 1. The molecule has 11 nitrogen and oxygen atoms in total. The highest BCUT2D eigenvalue weighted by molar-refractivity contribution is 6.23. The normalized spacial score (nSPS) is 21.0. The van der Waals surface area contributed by atoms with Crippen LogP contribution >= 0.6 is 0 Å². The minimum atomic E-state index is -0.993. The summed E-state index contributed by atoms with van der Waals surface area (Å²) in [4.78, 5) is 66.6. The molecule has 0 spiro atoms. The standard InChI is InChI=1S/C31H36N4O7/c1-20(37)21-5-7-22(8-6-21)34-15-14-33(23(18-34)19-36)13-3-2-4-16-42-24-9-10-25-26(17-24)31(41)35(30(25)40)27-11-12-28(38)32-29(27)39/h5-10,17,23,27,36H,2-4,11-16,18-19H2,1H3,(H,32,38,39)/t23-,27?/m0/s1. The molecule has 3 heterocycles. The summed E-state index contributed by atoms with van der Waals surface area (Å²) in [7, 11) is 0. The number of piperazine rings is 1. The Bertz CT molecular complexity index is 1380. The van der Waals surface area contributed by atoms with E-state index < -0.39 is 29.7 Å². The lowest BCUT2D eigenvalue weighted by Crippen LogP contribution is -2.55. The van der Waals surface area contributed by atoms with Gasteiger partial charge in [-0.25, -0.2) is 0 Å². The third-order valence-corrected chi connectivity index (χ3v) is 8.22. The Morgan fingerprint density at radius 1 is 0.976 bits per heavy atom. The number of nitrogens with one attached hydrogen (secondary N) is 1. The van der Waals surface area contributed by atoms with Crippen molar-refractivity contribution in [2.45, 2.75) is 51.1 Å². The molecule has 2 saturated heterocycles. The van der Waals surface area contributed by atoms with Crippen molar-refractivity contribution in [1.29, 1.82) is 0 Å². The van der Waals surface area contributed by atoms with Crippen LogP contribution in [0.25, 0.3) is 0 Å². The molecule has 3 aliphatic heterocycles. The van der Waals surface area contributed by atoms with Crippen LogP contribution < -0.4 is 15.0 Å². The first-order valence-electron chi connectivity index (χ1n) is 14.5. The SMILES string of the molecule is CC(=O)c1ccc(N2CCN(CCCCCOc3ccc4c(c3)C(=O)N(C3CCC(=O)NC3=O)C4=O)[C@H](CO)C2)cc1. The van der Waals surface area contributed by atoms with Gasteiger partial charge in [0.1, 0.15) is 11.8 Å². The van der Waals surface area contributed by atoms with Crippen LogP contribution in [0.15, 0.2) is 42.5 Å². The number of unbranched alkanes of at least 4 members (excludes halogenated alkanes) is 2. The van der Waals surface area contributed by atoms with Crippen molar-refractivity contribution in [2.75, 3.05) is 44.3 Å². The number of imide groups is 2. The number of aliphatic hydroxyl groups is 1. The molecule has 2 fully saturated rings. The number of ketones is 1. The van der Waals surface area contributed by atoms with Crippen molar-refractivity contribution in [2.24, 2.45) is 0 Å². The molecule has 2 aromatic rings. The number of Topliss-reactive ketones (excluding diaryl/α,β-unsaturated/α-hetero) is 1. The number of benzene rings is 2. The molecule has 1 unspecified atom stereocenters. The summed E-state index contributed by atoms with van der Waals surface area (Å²) in [5.74, 6) is -1.61. The average Bonchev–Trinajstić information content (AvgIpc) is 3.23. The molecule has 2 atom stereocenters. The Morgan fingerprint density at radius 2 is 1.74 bits per heavy atom. The summed E-state index contributed by atoms with van der Waals surface area (Å²) < 4.78 is 5.86. The topological polar surface area (TPSA) is 137 Å². The van der Waals surface area contributed by atoms with E-state index in [4.69, 9.17) is 4.74 Å². The monoisotopic (exact) mass is 576 g/mol. The van der Waals surface area contributed by atoms with E-state index in [1.54, 1.807) is 25.1 Å². The van der Waals surface area contributed by atoms with Gasteiger partial charge in [0.25, 0.3) is 11.8 Å². The molecule has 0 saturated carbocycles. The van der Waals surface area contributed by atoms with Gasteiger partial charge in [0.2, 0.25) is 11.8 Å². The second kappa shape index (κ2) is 12.8. The number of nitrogens with zero attached hydrogens (tertiary/aromatic N) is 3. The lowest BCUT2D eigenvalue weighted by molar-refractivity contribution is -0.136. The summed E-state index contributed by atoms with van der Waals surface area (Å²) in [6.45, 7) is 5.36. The zero-order chi connectivity index (χ0) is 29.8. The minimum absolute atomic E-state index is 0.0360. The molecule has 42 heavy (non-hydrogen) atoms. The van der Waals surface area contributed by atoms with Crippen LogP contribution in [0.4, 0.5) is 5.69 Å². The van der Waals surface area contributed by atoms with Gasteiger partial charge in [0.05, 0.1) is 30.4 Å². The molecule has 0 radical (unpaired) electrons. The molecule has 0 aliphatic carbocycles. The minimum Gasteiger partial charge on any atom is -0.494 e. The first kappa shape index (κ1) is 29.4. The van der Waals surface area contributed by atoms with Crippen LogP contribution in [0.2, 0.25) is 0 Å². The van der Waals surface area contributed by atoms with Crippen LogP contribution in [0.3, 0.4) is 0 Å². The molecular weight excluding hydrogens is 540 g/mol. The molecule has 0 aromatic heterocycles. The Morgan fingerprint density at radius 3 is 2.45 bits per heavy atom. The predicted molar refractivity (Wildman–Crippen MR) is 154 cm³/mol. The first-order valence-corrected chi connectivity index (χ1v) is 14.5. The zero-order valence-electron chi connectivity index (χ0n) is 23.7. The zero-order valence-corrected chi connectivity index (χ0v) is 23.7. The van der Waals surface area contributed by atoms with Crippen molar-refractivity contribution in [3.63, 3.8) is 0 Å². The number of aliphatic hydroxyl groups excluding tert-OH is 1. The van der Waals surface area contributed by atoms with Crippen molar-refractivity contribution in [1.82, 2.24) is 15.1 Å². The fourth-order valence-electron chi connectivity index (χ4n) is 5.83.